The van der Waals surface area contributed by atoms with Crippen LogP contribution in [0.25, 0.3) is 0 Å². The van der Waals surface area contributed by atoms with E-state index in [-0.39, 0.29) is 46.0 Å². The van der Waals surface area contributed by atoms with Gasteiger partial charge in [0, 0.05) is 24.5 Å². The van der Waals surface area contributed by atoms with Crippen molar-refractivity contribution in [3.63, 3.8) is 0 Å². The second-order valence-corrected chi connectivity index (χ2v) is 6.33. The summed E-state index contributed by atoms with van der Waals surface area (Å²) >= 11 is 6.38. The van der Waals surface area contributed by atoms with Gasteiger partial charge in [-0.15, -0.1) is 0 Å². The number of hydrogen-bond acceptors (Lipinski definition) is 6. The number of ketones is 2. The van der Waals surface area contributed by atoms with Crippen molar-refractivity contribution in [2.24, 2.45) is 5.92 Å². The molecule has 2 aliphatic rings. The Labute approximate surface area is 150 Å². The molecule has 0 aromatic heterocycles. The van der Waals surface area contributed by atoms with Gasteiger partial charge in [-0.1, -0.05) is 18.5 Å². The zero-order valence-corrected chi connectivity index (χ0v) is 15.2. The van der Waals surface area contributed by atoms with Gasteiger partial charge in [-0.25, -0.2) is 0 Å². The molecule has 1 aromatic rings. The first-order valence-electron chi connectivity index (χ1n) is 7.91. The van der Waals surface area contributed by atoms with E-state index in [0.717, 1.165) is 0 Å². The van der Waals surface area contributed by atoms with Crippen LogP contribution in [-0.4, -0.2) is 38.5 Å². The van der Waals surface area contributed by atoms with Crippen LogP contribution >= 0.6 is 11.6 Å². The highest BCUT2D eigenvalue weighted by Gasteiger charge is 2.60. The third-order valence-electron chi connectivity index (χ3n) is 4.81. The molecule has 134 valence electrons. The van der Waals surface area contributed by atoms with E-state index in [2.05, 4.69) is 0 Å². The summed E-state index contributed by atoms with van der Waals surface area (Å²) in [5.74, 6) is 0.234. The smallest absolute Gasteiger partial charge is 0.231 e. The summed E-state index contributed by atoms with van der Waals surface area (Å²) in [6.45, 7) is 1.90. The molecule has 2 atom stereocenters. The maximum atomic E-state index is 13.4. The third-order valence-corrected chi connectivity index (χ3v) is 5.17. The maximum absolute atomic E-state index is 13.4. The average molecular weight is 367 g/mol. The van der Waals surface area contributed by atoms with Crippen molar-refractivity contribution in [1.82, 2.24) is 0 Å². The van der Waals surface area contributed by atoms with Gasteiger partial charge in [-0.3, -0.25) is 9.59 Å². The summed E-state index contributed by atoms with van der Waals surface area (Å²) in [5.41, 5.74) is -1.17. The average Bonchev–Trinajstić information content (AvgIpc) is 2.92. The number of benzene rings is 1. The second kappa shape index (κ2) is 6.26. The van der Waals surface area contributed by atoms with E-state index in [9.17, 15) is 9.59 Å². The SMILES string of the molecule is CC[C@@H]1CC(=O)C=C(OC)[C@@]12Oc1c(Cl)c(OC)cc(OC)c1C2=O. The number of carbonyl (C=O) groups excluding carboxylic acids is 2. The molecule has 0 bridgehead atoms. The first-order valence-corrected chi connectivity index (χ1v) is 8.29. The molecule has 25 heavy (non-hydrogen) atoms. The topological polar surface area (TPSA) is 71.1 Å². The standard InChI is InChI=1S/C18H19ClO6/c1-5-9-6-10(20)7-13(24-4)18(9)17(21)14-11(22-2)8-12(23-3)15(19)16(14)25-18/h7-9H,5-6H2,1-4H3/t9-,18+/m1/s1. The van der Waals surface area contributed by atoms with Gasteiger partial charge in [0.15, 0.2) is 17.3 Å². The van der Waals surface area contributed by atoms with Crippen molar-refractivity contribution in [3.05, 3.63) is 28.5 Å². The lowest BCUT2D eigenvalue weighted by Gasteiger charge is -2.37. The number of methoxy groups -OCH3 is 3. The lowest BCUT2D eigenvalue weighted by atomic mass is 9.73. The van der Waals surface area contributed by atoms with Crippen LogP contribution in [0.5, 0.6) is 17.2 Å². The number of fused-ring (bicyclic) bond motifs is 1. The predicted molar refractivity (Wildman–Crippen MR) is 90.7 cm³/mol. The summed E-state index contributed by atoms with van der Waals surface area (Å²) in [4.78, 5) is 25.4. The summed E-state index contributed by atoms with van der Waals surface area (Å²) in [7, 11) is 4.34. The van der Waals surface area contributed by atoms with Crippen molar-refractivity contribution in [1.29, 1.82) is 0 Å². The zero-order chi connectivity index (χ0) is 18.4. The Kier molecular flexibility index (Phi) is 4.41. The molecule has 0 fully saturated rings. The van der Waals surface area contributed by atoms with Gasteiger partial charge in [-0.2, -0.15) is 0 Å². The molecule has 7 heteroatoms. The van der Waals surface area contributed by atoms with Gasteiger partial charge in [0.1, 0.15) is 22.1 Å². The number of halogens is 1. The van der Waals surface area contributed by atoms with Crippen molar-refractivity contribution in [2.45, 2.75) is 25.4 Å². The molecule has 1 aliphatic carbocycles. The number of hydrogen-bond donors (Lipinski definition) is 0. The maximum Gasteiger partial charge on any atom is 0.231 e. The Bertz CT molecular complexity index is 784. The second-order valence-electron chi connectivity index (χ2n) is 5.95. The van der Waals surface area contributed by atoms with Gasteiger partial charge in [0.05, 0.1) is 21.3 Å². The normalized spacial score (nSPS) is 24.7. The number of ether oxygens (including phenoxy) is 4. The van der Waals surface area contributed by atoms with E-state index in [1.54, 1.807) is 6.07 Å². The van der Waals surface area contributed by atoms with Gasteiger partial charge in [0.2, 0.25) is 11.4 Å². The van der Waals surface area contributed by atoms with Crippen molar-refractivity contribution < 1.29 is 28.5 Å². The van der Waals surface area contributed by atoms with Crippen LogP contribution in [0.3, 0.4) is 0 Å². The van der Waals surface area contributed by atoms with Crippen LogP contribution in [0.2, 0.25) is 5.02 Å². The fourth-order valence-corrected chi connectivity index (χ4v) is 3.84. The molecular formula is C18H19ClO6. The van der Waals surface area contributed by atoms with E-state index < -0.39 is 5.60 Å². The lowest BCUT2D eigenvalue weighted by molar-refractivity contribution is -0.118. The molecule has 1 spiro atoms. The molecule has 3 rings (SSSR count). The quantitative estimate of drug-likeness (QED) is 0.815. The van der Waals surface area contributed by atoms with Crippen LogP contribution < -0.4 is 14.2 Å². The van der Waals surface area contributed by atoms with Crippen molar-refractivity contribution in [2.75, 3.05) is 21.3 Å². The molecule has 0 saturated carbocycles. The summed E-state index contributed by atoms with van der Waals surface area (Å²) in [6, 6.07) is 1.55. The van der Waals surface area contributed by atoms with Crippen LogP contribution in [0, 0.1) is 5.92 Å². The highest BCUT2D eigenvalue weighted by molar-refractivity contribution is 6.35. The molecule has 0 saturated heterocycles. The van der Waals surface area contributed by atoms with Crippen molar-refractivity contribution in [3.8, 4) is 17.2 Å². The van der Waals surface area contributed by atoms with Crippen molar-refractivity contribution >= 4 is 23.2 Å². The Hall–Kier alpha value is -2.21. The Morgan fingerprint density at radius 2 is 1.88 bits per heavy atom. The van der Waals surface area contributed by atoms with Crippen LogP contribution in [0.4, 0.5) is 0 Å². The van der Waals surface area contributed by atoms with Crippen LogP contribution in [0.1, 0.15) is 30.1 Å². The third kappa shape index (κ3) is 2.31. The first kappa shape index (κ1) is 17.6. The van der Waals surface area contributed by atoms with Gasteiger partial charge < -0.3 is 18.9 Å². The highest BCUT2D eigenvalue weighted by Crippen LogP contribution is 2.54. The zero-order valence-electron chi connectivity index (χ0n) is 14.5. The van der Waals surface area contributed by atoms with Gasteiger partial charge >= 0.3 is 0 Å². The minimum absolute atomic E-state index is 0.0997. The van der Waals surface area contributed by atoms with E-state index in [0.29, 0.717) is 17.9 Å². The fraction of sp³-hybridized carbons (Fsp3) is 0.444. The molecule has 6 nitrogen and oxygen atoms in total. The number of rotatable bonds is 4. The number of carbonyl (C=O) groups is 2. The number of Topliss-reactive ketones (excluding diaryl/α,β-unsaturated/α-hetero) is 1. The summed E-state index contributed by atoms with van der Waals surface area (Å²) < 4.78 is 22.1. The monoisotopic (exact) mass is 366 g/mol. The lowest BCUT2D eigenvalue weighted by Crippen LogP contribution is -2.52. The summed E-state index contributed by atoms with van der Waals surface area (Å²) in [5, 5.41) is 0.186. The van der Waals surface area contributed by atoms with Crippen LogP contribution in [-0.2, 0) is 9.53 Å². The van der Waals surface area contributed by atoms with E-state index >= 15 is 0 Å². The van der Waals surface area contributed by atoms with E-state index in [4.69, 9.17) is 30.5 Å². The van der Waals surface area contributed by atoms with E-state index in [1.807, 2.05) is 6.92 Å². The minimum atomic E-state index is -1.41. The summed E-state index contributed by atoms with van der Waals surface area (Å²) in [6.07, 6.45) is 2.08. The molecule has 0 unspecified atom stereocenters. The Morgan fingerprint density at radius 1 is 1.20 bits per heavy atom. The molecule has 1 heterocycles. The predicted octanol–water partition coefficient (Wildman–Crippen LogP) is 3.20. The molecule has 0 radical (unpaired) electrons. The molecular weight excluding hydrogens is 348 g/mol. The molecule has 0 N–H and O–H groups in total. The van der Waals surface area contributed by atoms with Crippen LogP contribution in [0.15, 0.2) is 17.9 Å². The Balaban J connectivity index is 2.27. The van der Waals surface area contributed by atoms with Gasteiger partial charge in [-0.05, 0) is 6.42 Å². The first-order chi connectivity index (χ1) is 11.9. The highest BCUT2D eigenvalue weighted by atomic mass is 35.5. The largest absolute Gasteiger partial charge is 0.496 e. The molecule has 1 aromatic carbocycles. The van der Waals surface area contributed by atoms with Gasteiger partial charge in [0.25, 0.3) is 0 Å². The fourth-order valence-electron chi connectivity index (χ4n) is 3.57. The van der Waals surface area contributed by atoms with E-state index in [1.165, 1.54) is 27.4 Å². The Morgan fingerprint density at radius 3 is 2.44 bits per heavy atom. The minimum Gasteiger partial charge on any atom is -0.496 e. The number of allylic oxidation sites excluding steroid dienone is 1. The molecule has 0 amide bonds. The molecule has 1 aliphatic heterocycles.